The second-order valence-electron chi connectivity index (χ2n) is 7.69. The molecule has 0 aromatic heterocycles. The molecule has 0 aliphatic carbocycles. The first kappa shape index (κ1) is 23.6. The molecule has 0 atom stereocenters. The summed E-state index contributed by atoms with van der Waals surface area (Å²) in [6, 6.07) is 16.1. The van der Waals surface area contributed by atoms with E-state index >= 15 is 0 Å². The number of thiocarbonyl (C=S) groups is 1. The van der Waals surface area contributed by atoms with Gasteiger partial charge in [-0.15, -0.1) is 0 Å². The maximum atomic E-state index is 12.9. The van der Waals surface area contributed by atoms with Gasteiger partial charge in [0.15, 0.2) is 5.11 Å². The molecule has 3 aromatic rings. The Hall–Kier alpha value is -3.10. The first-order valence-corrected chi connectivity index (χ1v) is 11.9. The first-order valence-electron chi connectivity index (χ1n) is 10.0. The van der Waals surface area contributed by atoms with E-state index in [1.807, 2.05) is 58.0 Å². The summed E-state index contributed by atoms with van der Waals surface area (Å²) in [5, 5.41) is 6.54. The molecule has 0 saturated heterocycles. The SMILES string of the molecule is COc1ccc(C)cc1NC(=S)Nc1ccc(S(=O)(=O)Nc2c(C)cc(C)cc2C)cc1. The Kier molecular flexibility index (Phi) is 7.06. The van der Waals surface area contributed by atoms with E-state index in [2.05, 4.69) is 15.4 Å². The molecule has 3 rings (SSSR count). The summed E-state index contributed by atoms with van der Waals surface area (Å²) < 4.78 is 33.8. The normalized spacial score (nSPS) is 11.0. The highest BCUT2D eigenvalue weighted by Crippen LogP contribution is 2.27. The average Bonchev–Trinajstić information content (AvgIpc) is 2.71. The molecule has 0 bridgehead atoms. The number of aryl methyl sites for hydroxylation is 4. The molecule has 32 heavy (non-hydrogen) atoms. The molecule has 3 aromatic carbocycles. The van der Waals surface area contributed by atoms with E-state index in [0.717, 1.165) is 27.9 Å². The van der Waals surface area contributed by atoms with E-state index < -0.39 is 10.0 Å². The van der Waals surface area contributed by atoms with Gasteiger partial charge < -0.3 is 15.4 Å². The molecule has 3 N–H and O–H groups in total. The highest BCUT2D eigenvalue weighted by atomic mass is 32.2. The van der Waals surface area contributed by atoms with E-state index in [4.69, 9.17) is 17.0 Å². The largest absolute Gasteiger partial charge is 0.495 e. The number of benzene rings is 3. The number of sulfonamides is 1. The smallest absolute Gasteiger partial charge is 0.261 e. The fourth-order valence-corrected chi connectivity index (χ4v) is 4.89. The van der Waals surface area contributed by atoms with Crippen molar-refractivity contribution < 1.29 is 13.2 Å². The van der Waals surface area contributed by atoms with Gasteiger partial charge in [-0.3, -0.25) is 4.72 Å². The van der Waals surface area contributed by atoms with Gasteiger partial charge in [0, 0.05) is 5.69 Å². The highest BCUT2D eigenvalue weighted by Gasteiger charge is 2.17. The van der Waals surface area contributed by atoms with Gasteiger partial charge in [-0.05, 0) is 93.0 Å². The Morgan fingerprint density at radius 2 is 1.47 bits per heavy atom. The topological polar surface area (TPSA) is 79.5 Å². The van der Waals surface area contributed by atoms with Crippen LogP contribution in [-0.4, -0.2) is 20.6 Å². The molecule has 0 aliphatic heterocycles. The van der Waals surface area contributed by atoms with Crippen LogP contribution in [0.4, 0.5) is 17.1 Å². The van der Waals surface area contributed by atoms with E-state index in [0.29, 0.717) is 22.2 Å². The summed E-state index contributed by atoms with van der Waals surface area (Å²) in [6.07, 6.45) is 0. The molecule has 0 spiro atoms. The summed E-state index contributed by atoms with van der Waals surface area (Å²) in [5.74, 6) is 0.675. The first-order chi connectivity index (χ1) is 15.1. The van der Waals surface area contributed by atoms with E-state index in [1.165, 1.54) is 0 Å². The Bertz CT molecular complexity index is 1230. The summed E-state index contributed by atoms with van der Waals surface area (Å²) in [7, 11) is -2.13. The summed E-state index contributed by atoms with van der Waals surface area (Å²) in [4.78, 5) is 0.168. The number of hydrogen-bond acceptors (Lipinski definition) is 4. The second-order valence-corrected chi connectivity index (χ2v) is 9.78. The molecule has 0 unspecified atom stereocenters. The van der Waals surface area contributed by atoms with Crippen LogP contribution in [0.25, 0.3) is 0 Å². The quantitative estimate of drug-likeness (QED) is 0.412. The van der Waals surface area contributed by atoms with Gasteiger partial charge in [0.2, 0.25) is 0 Å². The molecule has 8 heteroatoms. The van der Waals surface area contributed by atoms with Crippen molar-refractivity contribution in [1.29, 1.82) is 0 Å². The van der Waals surface area contributed by atoms with Gasteiger partial charge in [0.05, 0.1) is 23.4 Å². The van der Waals surface area contributed by atoms with Gasteiger partial charge in [0.25, 0.3) is 10.0 Å². The molecular formula is C24H27N3O3S2. The molecule has 0 aliphatic rings. The predicted molar refractivity (Wildman–Crippen MR) is 135 cm³/mol. The number of methoxy groups -OCH3 is 1. The van der Waals surface area contributed by atoms with Crippen molar-refractivity contribution in [3.05, 3.63) is 76.9 Å². The monoisotopic (exact) mass is 469 g/mol. The lowest BCUT2D eigenvalue weighted by molar-refractivity contribution is 0.417. The molecule has 0 amide bonds. The van der Waals surface area contributed by atoms with Crippen molar-refractivity contribution in [3.63, 3.8) is 0 Å². The summed E-state index contributed by atoms with van der Waals surface area (Å²) >= 11 is 5.39. The third-order valence-corrected chi connectivity index (χ3v) is 6.51. The number of rotatable bonds is 6. The van der Waals surface area contributed by atoms with Gasteiger partial charge in [0.1, 0.15) is 5.75 Å². The number of anilines is 3. The fraction of sp³-hybridized carbons (Fsp3) is 0.208. The minimum atomic E-state index is -3.72. The lowest BCUT2D eigenvalue weighted by Gasteiger charge is -2.15. The number of ether oxygens (including phenoxy) is 1. The van der Waals surface area contributed by atoms with Crippen molar-refractivity contribution in [2.45, 2.75) is 32.6 Å². The van der Waals surface area contributed by atoms with Gasteiger partial charge in [-0.25, -0.2) is 8.42 Å². The molecule has 6 nitrogen and oxygen atoms in total. The van der Waals surface area contributed by atoms with E-state index in [1.54, 1.807) is 31.4 Å². The van der Waals surface area contributed by atoms with Crippen LogP contribution in [0.3, 0.4) is 0 Å². The molecule has 0 fully saturated rings. The zero-order chi connectivity index (χ0) is 23.5. The molecule has 0 radical (unpaired) electrons. The highest BCUT2D eigenvalue weighted by molar-refractivity contribution is 7.92. The zero-order valence-corrected chi connectivity index (χ0v) is 20.4. The van der Waals surface area contributed by atoms with Crippen molar-refractivity contribution >= 4 is 44.4 Å². The minimum absolute atomic E-state index is 0.168. The number of hydrogen-bond donors (Lipinski definition) is 3. The Morgan fingerprint density at radius 3 is 2.06 bits per heavy atom. The molecular weight excluding hydrogens is 442 g/mol. The third kappa shape index (κ3) is 5.57. The number of nitrogens with one attached hydrogen (secondary N) is 3. The van der Waals surface area contributed by atoms with Gasteiger partial charge in [-0.2, -0.15) is 0 Å². The van der Waals surface area contributed by atoms with Crippen molar-refractivity contribution in [2.75, 3.05) is 22.5 Å². The van der Waals surface area contributed by atoms with Crippen LogP contribution < -0.4 is 20.1 Å². The Balaban J connectivity index is 1.72. The van der Waals surface area contributed by atoms with Crippen LogP contribution in [0.2, 0.25) is 0 Å². The van der Waals surface area contributed by atoms with Gasteiger partial charge in [-0.1, -0.05) is 23.8 Å². The van der Waals surface area contributed by atoms with Gasteiger partial charge >= 0.3 is 0 Å². The van der Waals surface area contributed by atoms with Crippen LogP contribution in [-0.2, 0) is 10.0 Å². The molecule has 0 saturated carbocycles. The van der Waals surface area contributed by atoms with Crippen molar-refractivity contribution in [2.24, 2.45) is 0 Å². The Morgan fingerprint density at radius 1 is 0.844 bits per heavy atom. The lowest BCUT2D eigenvalue weighted by atomic mass is 10.1. The summed E-state index contributed by atoms with van der Waals surface area (Å²) in [5.41, 5.74) is 5.94. The van der Waals surface area contributed by atoms with Crippen LogP contribution in [0.5, 0.6) is 5.75 Å². The predicted octanol–water partition coefficient (Wildman–Crippen LogP) is 5.54. The van der Waals surface area contributed by atoms with Crippen LogP contribution in [0.15, 0.2) is 59.5 Å². The molecule has 168 valence electrons. The summed E-state index contributed by atoms with van der Waals surface area (Å²) in [6.45, 7) is 7.75. The standard InChI is InChI=1S/C24H27N3O3S2/c1-15-6-11-22(30-5)21(14-15)26-24(31)25-19-7-9-20(10-8-19)32(28,29)27-23-17(3)12-16(2)13-18(23)4/h6-14,27H,1-5H3,(H2,25,26,31). The maximum absolute atomic E-state index is 12.9. The van der Waals surface area contributed by atoms with E-state index in [-0.39, 0.29) is 4.90 Å². The average molecular weight is 470 g/mol. The maximum Gasteiger partial charge on any atom is 0.261 e. The van der Waals surface area contributed by atoms with Crippen LogP contribution in [0, 0.1) is 27.7 Å². The van der Waals surface area contributed by atoms with E-state index in [9.17, 15) is 8.42 Å². The lowest BCUT2D eigenvalue weighted by Crippen LogP contribution is -2.20. The van der Waals surface area contributed by atoms with Crippen molar-refractivity contribution in [3.8, 4) is 5.75 Å². The fourth-order valence-electron chi connectivity index (χ4n) is 3.46. The minimum Gasteiger partial charge on any atom is -0.495 e. The third-order valence-electron chi connectivity index (χ3n) is 4.94. The zero-order valence-electron chi connectivity index (χ0n) is 18.7. The van der Waals surface area contributed by atoms with Crippen LogP contribution in [0.1, 0.15) is 22.3 Å². The molecule has 0 heterocycles. The Labute approximate surface area is 195 Å². The van der Waals surface area contributed by atoms with Crippen LogP contribution >= 0.6 is 12.2 Å². The van der Waals surface area contributed by atoms with Crippen molar-refractivity contribution in [1.82, 2.24) is 0 Å². The second kappa shape index (κ2) is 9.58.